The number of aromatic nitrogens is 1. The Labute approximate surface area is 100 Å². The van der Waals surface area contributed by atoms with E-state index in [1.54, 1.807) is 0 Å². The standard InChI is InChI=1S/C15H25N/c1-3-5-7-14(8-6-4-2)13-15-9-11-16-12-10-15/h9-12,14H,3-8,13H2,1-2H3. The molecule has 16 heavy (non-hydrogen) atoms. The molecule has 0 aliphatic heterocycles. The maximum Gasteiger partial charge on any atom is 0.0270 e. The molecule has 1 heterocycles. The minimum absolute atomic E-state index is 0.877. The van der Waals surface area contributed by atoms with Gasteiger partial charge in [0.15, 0.2) is 0 Å². The van der Waals surface area contributed by atoms with E-state index in [0.717, 1.165) is 5.92 Å². The quantitative estimate of drug-likeness (QED) is 0.621. The van der Waals surface area contributed by atoms with Gasteiger partial charge in [0.25, 0.3) is 0 Å². The van der Waals surface area contributed by atoms with Gasteiger partial charge in [-0.3, -0.25) is 4.98 Å². The second kappa shape index (κ2) is 8.32. The molecular formula is C15H25N. The third-order valence-corrected chi connectivity index (χ3v) is 3.21. The van der Waals surface area contributed by atoms with Crippen LogP contribution in [0.4, 0.5) is 0 Å². The zero-order chi connectivity index (χ0) is 11.6. The van der Waals surface area contributed by atoms with Gasteiger partial charge in [0.05, 0.1) is 0 Å². The minimum atomic E-state index is 0.877. The van der Waals surface area contributed by atoms with Crippen molar-refractivity contribution in [3.63, 3.8) is 0 Å². The maximum atomic E-state index is 4.08. The summed E-state index contributed by atoms with van der Waals surface area (Å²) < 4.78 is 0. The SMILES string of the molecule is CCCCC(CCCC)Cc1ccncc1. The third-order valence-electron chi connectivity index (χ3n) is 3.21. The fourth-order valence-electron chi connectivity index (χ4n) is 2.19. The summed E-state index contributed by atoms with van der Waals surface area (Å²) in [5.41, 5.74) is 1.45. The van der Waals surface area contributed by atoms with Gasteiger partial charge in [0.1, 0.15) is 0 Å². The van der Waals surface area contributed by atoms with Crippen molar-refractivity contribution in [2.75, 3.05) is 0 Å². The average molecular weight is 219 g/mol. The molecule has 0 bridgehead atoms. The largest absolute Gasteiger partial charge is 0.265 e. The van der Waals surface area contributed by atoms with Gasteiger partial charge in [-0.15, -0.1) is 0 Å². The fourth-order valence-corrected chi connectivity index (χ4v) is 2.19. The minimum Gasteiger partial charge on any atom is -0.265 e. The molecule has 0 fully saturated rings. The molecule has 0 saturated heterocycles. The molecule has 1 aromatic rings. The van der Waals surface area contributed by atoms with Crippen molar-refractivity contribution in [1.82, 2.24) is 4.98 Å². The Balaban J connectivity index is 2.42. The fraction of sp³-hybridized carbons (Fsp3) is 0.667. The lowest BCUT2D eigenvalue weighted by Crippen LogP contribution is -2.05. The summed E-state index contributed by atoms with van der Waals surface area (Å²) in [6.45, 7) is 4.56. The molecule has 1 nitrogen and oxygen atoms in total. The number of hydrogen-bond donors (Lipinski definition) is 0. The molecule has 1 heteroatoms. The molecule has 0 aliphatic carbocycles. The highest BCUT2D eigenvalue weighted by molar-refractivity contribution is 5.10. The summed E-state index contributed by atoms with van der Waals surface area (Å²) in [5.74, 6) is 0.877. The second-order valence-electron chi connectivity index (χ2n) is 4.71. The molecule has 0 aromatic carbocycles. The van der Waals surface area contributed by atoms with Crippen LogP contribution >= 0.6 is 0 Å². The average Bonchev–Trinajstić information content (AvgIpc) is 2.34. The van der Waals surface area contributed by atoms with E-state index >= 15 is 0 Å². The maximum absolute atomic E-state index is 4.08. The van der Waals surface area contributed by atoms with Crippen LogP contribution in [0.1, 0.15) is 57.9 Å². The molecule has 0 spiro atoms. The zero-order valence-corrected chi connectivity index (χ0v) is 10.8. The van der Waals surface area contributed by atoms with Gasteiger partial charge < -0.3 is 0 Å². The molecule has 0 amide bonds. The van der Waals surface area contributed by atoms with Crippen molar-refractivity contribution in [2.24, 2.45) is 5.92 Å². The smallest absolute Gasteiger partial charge is 0.0270 e. The lowest BCUT2D eigenvalue weighted by Gasteiger charge is -2.16. The Hall–Kier alpha value is -0.850. The third kappa shape index (κ3) is 5.29. The monoisotopic (exact) mass is 219 g/mol. The molecule has 1 rings (SSSR count). The first-order valence-corrected chi connectivity index (χ1v) is 6.75. The number of pyridine rings is 1. The number of unbranched alkanes of at least 4 members (excludes halogenated alkanes) is 2. The van der Waals surface area contributed by atoms with E-state index in [0.29, 0.717) is 0 Å². The zero-order valence-electron chi connectivity index (χ0n) is 10.8. The summed E-state index contributed by atoms with van der Waals surface area (Å²) in [7, 11) is 0. The van der Waals surface area contributed by atoms with Crippen molar-refractivity contribution < 1.29 is 0 Å². The molecule has 90 valence electrons. The van der Waals surface area contributed by atoms with Gasteiger partial charge in [0, 0.05) is 12.4 Å². The van der Waals surface area contributed by atoms with Crippen molar-refractivity contribution in [2.45, 2.75) is 58.8 Å². The number of rotatable bonds is 8. The van der Waals surface area contributed by atoms with E-state index in [2.05, 4.69) is 31.0 Å². The predicted octanol–water partition coefficient (Wildman–Crippen LogP) is 4.62. The van der Waals surface area contributed by atoms with E-state index < -0.39 is 0 Å². The molecule has 0 aliphatic rings. The summed E-state index contributed by atoms with van der Waals surface area (Å²) in [6.07, 6.45) is 13.2. The normalized spacial score (nSPS) is 10.9. The van der Waals surface area contributed by atoms with Crippen LogP contribution in [0.2, 0.25) is 0 Å². The first kappa shape index (κ1) is 13.2. The summed E-state index contributed by atoms with van der Waals surface area (Å²) in [5, 5.41) is 0. The highest BCUT2D eigenvalue weighted by Gasteiger charge is 2.08. The summed E-state index contributed by atoms with van der Waals surface area (Å²) in [6, 6.07) is 4.32. The van der Waals surface area contributed by atoms with Crippen LogP contribution in [-0.4, -0.2) is 4.98 Å². The van der Waals surface area contributed by atoms with Crippen LogP contribution in [0.3, 0.4) is 0 Å². The first-order chi connectivity index (χ1) is 7.86. The van der Waals surface area contributed by atoms with Crippen molar-refractivity contribution in [3.8, 4) is 0 Å². The Morgan fingerprint density at radius 3 is 2.06 bits per heavy atom. The van der Waals surface area contributed by atoms with Crippen LogP contribution in [-0.2, 0) is 6.42 Å². The second-order valence-corrected chi connectivity index (χ2v) is 4.71. The van der Waals surface area contributed by atoms with E-state index in [-0.39, 0.29) is 0 Å². The van der Waals surface area contributed by atoms with Gasteiger partial charge >= 0.3 is 0 Å². The van der Waals surface area contributed by atoms with Gasteiger partial charge in [-0.05, 0) is 30.0 Å². The van der Waals surface area contributed by atoms with E-state index in [4.69, 9.17) is 0 Å². The van der Waals surface area contributed by atoms with Gasteiger partial charge in [-0.2, -0.15) is 0 Å². The van der Waals surface area contributed by atoms with E-state index in [9.17, 15) is 0 Å². The lowest BCUT2D eigenvalue weighted by molar-refractivity contribution is 0.417. The Morgan fingerprint density at radius 1 is 1.00 bits per heavy atom. The molecule has 0 atom stereocenters. The predicted molar refractivity (Wildman–Crippen MR) is 70.5 cm³/mol. The molecular weight excluding hydrogens is 194 g/mol. The molecule has 0 radical (unpaired) electrons. The van der Waals surface area contributed by atoms with Crippen LogP contribution in [0.5, 0.6) is 0 Å². The van der Waals surface area contributed by atoms with Crippen molar-refractivity contribution in [1.29, 1.82) is 0 Å². The lowest BCUT2D eigenvalue weighted by atomic mass is 9.90. The first-order valence-electron chi connectivity index (χ1n) is 6.75. The topological polar surface area (TPSA) is 12.9 Å². The van der Waals surface area contributed by atoms with Gasteiger partial charge in [-0.25, -0.2) is 0 Å². The van der Waals surface area contributed by atoms with Crippen molar-refractivity contribution >= 4 is 0 Å². The molecule has 0 N–H and O–H groups in total. The van der Waals surface area contributed by atoms with Crippen LogP contribution in [0.25, 0.3) is 0 Å². The number of nitrogens with zero attached hydrogens (tertiary/aromatic N) is 1. The highest BCUT2D eigenvalue weighted by atomic mass is 14.6. The molecule has 1 aromatic heterocycles. The van der Waals surface area contributed by atoms with E-state index in [1.807, 2.05) is 12.4 Å². The summed E-state index contributed by atoms with van der Waals surface area (Å²) >= 11 is 0. The Morgan fingerprint density at radius 2 is 1.56 bits per heavy atom. The summed E-state index contributed by atoms with van der Waals surface area (Å²) in [4.78, 5) is 4.08. The van der Waals surface area contributed by atoms with Gasteiger partial charge in [0.2, 0.25) is 0 Å². The van der Waals surface area contributed by atoms with Crippen LogP contribution in [0.15, 0.2) is 24.5 Å². The Bertz CT molecular complexity index is 247. The van der Waals surface area contributed by atoms with Gasteiger partial charge in [-0.1, -0.05) is 52.4 Å². The Kier molecular flexibility index (Phi) is 6.87. The molecule has 0 saturated carbocycles. The van der Waals surface area contributed by atoms with Crippen LogP contribution < -0.4 is 0 Å². The molecule has 0 unspecified atom stereocenters. The van der Waals surface area contributed by atoms with E-state index in [1.165, 1.54) is 50.5 Å². The van der Waals surface area contributed by atoms with Crippen molar-refractivity contribution in [3.05, 3.63) is 30.1 Å². The number of hydrogen-bond acceptors (Lipinski definition) is 1. The highest BCUT2D eigenvalue weighted by Crippen LogP contribution is 2.20. The van der Waals surface area contributed by atoms with Crippen LogP contribution in [0, 0.1) is 5.92 Å².